The average Bonchev–Trinajstić information content (AvgIpc) is 3.89. The van der Waals surface area contributed by atoms with Crippen LogP contribution in [0.4, 0.5) is 17.1 Å². The van der Waals surface area contributed by atoms with Crippen molar-refractivity contribution >= 4 is 42.2 Å². The topological polar surface area (TPSA) is 40.2 Å². The Morgan fingerprint density at radius 2 is 0.653 bits per heavy atom. The van der Waals surface area contributed by atoms with Gasteiger partial charge in [-0.2, -0.15) is 0 Å². The number of nitrogens with zero attached hydrogens (tertiary/aromatic N) is 1. The molecular formula is C65H79B2NO4. The van der Waals surface area contributed by atoms with E-state index in [-0.39, 0.29) is 21.7 Å². The summed E-state index contributed by atoms with van der Waals surface area (Å²) in [4.78, 5) is 2.49. The van der Waals surface area contributed by atoms with Crippen LogP contribution >= 0.6 is 0 Å². The molecule has 2 fully saturated rings. The minimum Gasteiger partial charge on any atom is -0.399 e. The van der Waals surface area contributed by atoms with Gasteiger partial charge in [0, 0.05) is 16.9 Å². The summed E-state index contributed by atoms with van der Waals surface area (Å²) in [5.41, 5.74) is 18.2. The maximum Gasteiger partial charge on any atom is 0.494 e. The van der Waals surface area contributed by atoms with Gasteiger partial charge >= 0.3 is 14.2 Å². The Labute approximate surface area is 433 Å². The standard InChI is InChI=1S/C65H79B2NO4/c1-57(2,3)40-21-32-48-49-33-22-41(58(4,5)6)36-52(49)65(51(48)35-40)53-37-42(59(7,8)9)23-34-50(53)56-54(65)38-43(60(10,11)12)39-55(56)68(46-28-24-44(25-29-46)66-69-61(13,14)62(15,16)70-66)47-30-26-45(27-31-47)67-71-63(17,18)64(19,20)72-67/h21-39H,1-20H3. The van der Waals surface area contributed by atoms with Crippen molar-refractivity contribution < 1.29 is 18.6 Å². The maximum atomic E-state index is 6.61. The van der Waals surface area contributed by atoms with E-state index in [1.807, 2.05) is 0 Å². The van der Waals surface area contributed by atoms with Crippen LogP contribution in [0.25, 0.3) is 22.3 Å². The van der Waals surface area contributed by atoms with Crippen molar-refractivity contribution in [1.82, 2.24) is 0 Å². The fourth-order valence-corrected chi connectivity index (χ4v) is 11.3. The zero-order valence-corrected chi connectivity index (χ0v) is 47.2. The first-order chi connectivity index (χ1) is 33.2. The predicted octanol–water partition coefficient (Wildman–Crippen LogP) is 15.3. The molecule has 6 aromatic rings. The van der Waals surface area contributed by atoms with E-state index >= 15 is 0 Å². The number of hydrogen-bond acceptors (Lipinski definition) is 5. The summed E-state index contributed by atoms with van der Waals surface area (Å²) in [6, 6.07) is 45.0. The first-order valence-electron chi connectivity index (χ1n) is 26.5. The molecular weight excluding hydrogens is 880 g/mol. The highest BCUT2D eigenvalue weighted by molar-refractivity contribution is 6.62. The molecule has 10 rings (SSSR count). The Morgan fingerprint density at radius 3 is 0.986 bits per heavy atom. The van der Waals surface area contributed by atoms with Crippen LogP contribution in [0.1, 0.15) is 183 Å². The molecule has 2 aliphatic heterocycles. The first-order valence-corrected chi connectivity index (χ1v) is 26.5. The molecule has 2 heterocycles. The van der Waals surface area contributed by atoms with Gasteiger partial charge in [0.15, 0.2) is 0 Å². The fourth-order valence-electron chi connectivity index (χ4n) is 11.3. The highest BCUT2D eigenvalue weighted by atomic mass is 16.7. The van der Waals surface area contributed by atoms with Crippen LogP contribution in [0.15, 0.2) is 115 Å². The monoisotopic (exact) mass is 960 g/mol. The molecule has 7 heteroatoms. The summed E-state index contributed by atoms with van der Waals surface area (Å²) in [5.74, 6) is 0. The van der Waals surface area contributed by atoms with E-state index in [0.29, 0.717) is 0 Å². The van der Waals surface area contributed by atoms with E-state index in [0.717, 1.165) is 28.0 Å². The number of hydrogen-bond donors (Lipinski definition) is 0. The maximum absolute atomic E-state index is 6.61. The number of benzene rings is 6. The SMILES string of the molecule is CC(C)(C)c1ccc2c(c1)C1(c3cc(C(C)(C)C)ccc3-2)c2cc(C(C)(C)C)ccc2-c2c(N(c3ccc(B4OC(C)(C)C(C)(C)O4)cc3)c3ccc(B4OC(C)(C)C(C)(C)O4)cc3)cc(C(C)(C)C)cc21. The third-order valence-corrected chi connectivity index (χ3v) is 17.4. The smallest absolute Gasteiger partial charge is 0.399 e. The largest absolute Gasteiger partial charge is 0.494 e. The molecule has 5 nitrogen and oxygen atoms in total. The van der Waals surface area contributed by atoms with Gasteiger partial charge in [-0.1, -0.05) is 168 Å². The highest BCUT2D eigenvalue weighted by Crippen LogP contribution is 2.66. The van der Waals surface area contributed by atoms with E-state index in [4.69, 9.17) is 18.6 Å². The molecule has 2 aliphatic carbocycles. The molecule has 72 heavy (non-hydrogen) atoms. The van der Waals surface area contributed by atoms with Crippen LogP contribution in [0, 0.1) is 0 Å². The van der Waals surface area contributed by atoms with Crippen LogP contribution < -0.4 is 15.8 Å². The van der Waals surface area contributed by atoms with Crippen molar-refractivity contribution in [3.8, 4) is 22.3 Å². The minimum atomic E-state index is -0.609. The number of rotatable bonds is 5. The summed E-state index contributed by atoms with van der Waals surface area (Å²) in [5, 5.41) is 0. The van der Waals surface area contributed by atoms with Crippen molar-refractivity contribution in [3.05, 3.63) is 160 Å². The summed E-state index contributed by atoms with van der Waals surface area (Å²) >= 11 is 0. The Morgan fingerprint density at radius 1 is 0.347 bits per heavy atom. The molecule has 0 N–H and O–H groups in total. The Hall–Kier alpha value is -4.91. The molecule has 0 amide bonds. The van der Waals surface area contributed by atoms with Crippen LogP contribution in [-0.2, 0) is 45.7 Å². The quantitative estimate of drug-likeness (QED) is 0.161. The van der Waals surface area contributed by atoms with Gasteiger partial charge in [0.1, 0.15) is 0 Å². The molecule has 0 atom stereocenters. The average molecular weight is 960 g/mol. The van der Waals surface area contributed by atoms with Gasteiger partial charge in [-0.3, -0.25) is 0 Å². The summed E-state index contributed by atoms with van der Waals surface area (Å²) in [7, 11) is -0.959. The van der Waals surface area contributed by atoms with Crippen LogP contribution in [0.2, 0.25) is 0 Å². The van der Waals surface area contributed by atoms with Gasteiger partial charge in [0.05, 0.1) is 33.5 Å². The number of anilines is 3. The molecule has 0 bridgehead atoms. The normalized spacial score (nSPS) is 19.1. The van der Waals surface area contributed by atoms with E-state index in [1.165, 1.54) is 66.8 Å². The summed E-state index contributed by atoms with van der Waals surface area (Å²) in [6.45, 7) is 45.1. The summed E-state index contributed by atoms with van der Waals surface area (Å²) < 4.78 is 26.4. The van der Waals surface area contributed by atoms with Gasteiger partial charge < -0.3 is 23.5 Å². The van der Waals surface area contributed by atoms with Crippen molar-refractivity contribution in [2.75, 3.05) is 4.90 Å². The fraction of sp³-hybridized carbons (Fsp3) is 0.446. The lowest BCUT2D eigenvalue weighted by molar-refractivity contribution is 0.00578. The molecule has 0 saturated carbocycles. The van der Waals surface area contributed by atoms with E-state index in [9.17, 15) is 0 Å². The summed E-state index contributed by atoms with van der Waals surface area (Å²) in [6.07, 6.45) is 0. The molecule has 1 spiro atoms. The van der Waals surface area contributed by atoms with Gasteiger partial charge in [-0.15, -0.1) is 0 Å². The van der Waals surface area contributed by atoms with E-state index in [2.05, 4.69) is 259 Å². The van der Waals surface area contributed by atoms with Crippen molar-refractivity contribution in [1.29, 1.82) is 0 Å². The predicted molar refractivity (Wildman–Crippen MR) is 304 cm³/mol. The van der Waals surface area contributed by atoms with Crippen LogP contribution in [0.3, 0.4) is 0 Å². The molecule has 2 saturated heterocycles. The second-order valence-corrected chi connectivity index (χ2v) is 27.6. The van der Waals surface area contributed by atoms with Crippen LogP contribution in [-0.4, -0.2) is 36.6 Å². The molecule has 0 unspecified atom stereocenters. The number of fused-ring (bicyclic) bond motifs is 10. The van der Waals surface area contributed by atoms with E-state index < -0.39 is 42.1 Å². The highest BCUT2D eigenvalue weighted by Gasteiger charge is 2.56. The van der Waals surface area contributed by atoms with Gasteiger partial charge in [0.2, 0.25) is 0 Å². The second-order valence-electron chi connectivity index (χ2n) is 27.6. The Balaban J connectivity index is 1.29. The molecule has 6 aromatic carbocycles. The van der Waals surface area contributed by atoms with Crippen molar-refractivity contribution in [3.63, 3.8) is 0 Å². The third-order valence-electron chi connectivity index (χ3n) is 17.4. The van der Waals surface area contributed by atoms with E-state index in [1.54, 1.807) is 0 Å². The van der Waals surface area contributed by atoms with Gasteiger partial charge in [-0.25, -0.2) is 0 Å². The van der Waals surface area contributed by atoms with Crippen molar-refractivity contribution in [2.45, 2.75) is 188 Å². The lowest BCUT2D eigenvalue weighted by Crippen LogP contribution is -2.41. The Bertz CT molecular complexity index is 2960. The third kappa shape index (κ3) is 7.89. The second kappa shape index (κ2) is 16.0. The van der Waals surface area contributed by atoms with Gasteiger partial charge in [-0.05, 0) is 180 Å². The van der Waals surface area contributed by atoms with Gasteiger partial charge in [0.25, 0.3) is 0 Å². The minimum absolute atomic E-state index is 0.0627. The Kier molecular flexibility index (Phi) is 11.3. The molecule has 4 aliphatic rings. The lowest BCUT2D eigenvalue weighted by atomic mass is 9.67. The zero-order chi connectivity index (χ0) is 52.3. The van der Waals surface area contributed by atoms with Crippen molar-refractivity contribution in [2.24, 2.45) is 0 Å². The lowest BCUT2D eigenvalue weighted by Gasteiger charge is -2.35. The van der Waals surface area contributed by atoms with Crippen LogP contribution in [0.5, 0.6) is 0 Å². The zero-order valence-electron chi connectivity index (χ0n) is 47.2. The molecule has 0 radical (unpaired) electrons. The first kappa shape index (κ1) is 50.6. The molecule has 0 aromatic heterocycles. The molecule has 374 valence electrons.